The molecule has 0 radical (unpaired) electrons. The molecule has 1 heterocycles. The van der Waals surface area contributed by atoms with Gasteiger partial charge in [-0.2, -0.15) is 5.26 Å². The maximum absolute atomic E-state index is 11.6. The van der Waals surface area contributed by atoms with Gasteiger partial charge in [-0.1, -0.05) is 30.3 Å². The summed E-state index contributed by atoms with van der Waals surface area (Å²) in [6.45, 7) is 0.529. The van der Waals surface area contributed by atoms with Crippen LogP contribution in [-0.4, -0.2) is 20.7 Å². The molecular formula is C12H11N5O. The summed E-state index contributed by atoms with van der Waals surface area (Å²) < 4.78 is 1.33. The van der Waals surface area contributed by atoms with Crippen LogP contribution >= 0.6 is 0 Å². The molecule has 1 N–H and O–H groups in total. The van der Waals surface area contributed by atoms with Crippen molar-refractivity contribution in [3.05, 3.63) is 48.0 Å². The average Bonchev–Trinajstić information content (AvgIpc) is 2.85. The fourth-order valence-corrected chi connectivity index (χ4v) is 1.42. The topological polar surface area (TPSA) is 83.6 Å². The van der Waals surface area contributed by atoms with Gasteiger partial charge in [-0.3, -0.25) is 4.79 Å². The van der Waals surface area contributed by atoms with E-state index in [4.69, 9.17) is 5.26 Å². The van der Waals surface area contributed by atoms with E-state index in [1.54, 1.807) is 6.07 Å². The molecule has 0 aliphatic heterocycles. The fraction of sp³-hybridized carbons (Fsp3) is 0.167. The van der Waals surface area contributed by atoms with Crippen LogP contribution in [0, 0.1) is 11.3 Å². The third-order valence-electron chi connectivity index (χ3n) is 2.27. The van der Waals surface area contributed by atoms with Crippen molar-refractivity contribution >= 4 is 5.91 Å². The Bertz CT molecular complexity index is 570. The SMILES string of the molecule is N#Cc1ncn(CC(=O)NCc2ccccc2)n1. The molecule has 1 aromatic carbocycles. The maximum Gasteiger partial charge on any atom is 0.252 e. The highest BCUT2D eigenvalue weighted by Gasteiger charge is 2.05. The van der Waals surface area contributed by atoms with Gasteiger partial charge in [-0.15, -0.1) is 5.10 Å². The van der Waals surface area contributed by atoms with Gasteiger partial charge in [-0.05, 0) is 5.56 Å². The first-order valence-corrected chi connectivity index (χ1v) is 5.38. The van der Waals surface area contributed by atoms with E-state index in [9.17, 15) is 4.79 Å². The van der Waals surface area contributed by atoms with Crippen LogP contribution in [0.3, 0.4) is 0 Å². The van der Waals surface area contributed by atoms with Gasteiger partial charge in [0, 0.05) is 6.54 Å². The van der Waals surface area contributed by atoms with Crippen molar-refractivity contribution in [1.82, 2.24) is 20.1 Å². The number of hydrogen-bond donors (Lipinski definition) is 1. The van der Waals surface area contributed by atoms with Crippen molar-refractivity contribution in [2.24, 2.45) is 0 Å². The second kappa shape index (κ2) is 5.59. The molecule has 18 heavy (non-hydrogen) atoms. The molecule has 0 unspecified atom stereocenters. The summed E-state index contributed by atoms with van der Waals surface area (Å²) in [5.41, 5.74) is 1.03. The molecule has 0 aliphatic rings. The number of benzene rings is 1. The lowest BCUT2D eigenvalue weighted by Crippen LogP contribution is -2.27. The van der Waals surface area contributed by atoms with Crippen molar-refractivity contribution in [2.75, 3.05) is 0 Å². The van der Waals surface area contributed by atoms with Crippen LogP contribution in [0.25, 0.3) is 0 Å². The normalized spacial score (nSPS) is 9.72. The molecule has 0 aliphatic carbocycles. The Labute approximate surface area is 104 Å². The molecule has 1 aromatic heterocycles. The Morgan fingerprint density at radius 2 is 2.17 bits per heavy atom. The maximum atomic E-state index is 11.6. The monoisotopic (exact) mass is 241 g/mol. The predicted octanol–water partition coefficient (Wildman–Crippen LogP) is 0.466. The quantitative estimate of drug-likeness (QED) is 0.843. The van der Waals surface area contributed by atoms with Crippen LogP contribution in [0.5, 0.6) is 0 Å². The largest absolute Gasteiger partial charge is 0.350 e. The number of carbonyl (C=O) groups is 1. The van der Waals surface area contributed by atoms with Crippen LogP contribution in [0.4, 0.5) is 0 Å². The Morgan fingerprint density at radius 3 is 2.83 bits per heavy atom. The highest BCUT2D eigenvalue weighted by molar-refractivity contribution is 5.75. The van der Waals surface area contributed by atoms with Gasteiger partial charge < -0.3 is 5.32 Å². The Hall–Kier alpha value is -2.68. The minimum absolute atomic E-state index is 0.0571. The number of nitrogens with zero attached hydrogens (tertiary/aromatic N) is 4. The first kappa shape index (κ1) is 11.8. The lowest BCUT2D eigenvalue weighted by molar-refractivity contribution is -0.122. The molecule has 6 heteroatoms. The number of rotatable bonds is 4. The molecule has 0 saturated carbocycles. The predicted molar refractivity (Wildman–Crippen MR) is 63.0 cm³/mol. The molecule has 90 valence electrons. The Kier molecular flexibility index (Phi) is 3.66. The zero-order valence-corrected chi connectivity index (χ0v) is 9.58. The molecule has 2 rings (SSSR count). The Balaban J connectivity index is 1.84. The molecule has 0 atom stereocenters. The number of aromatic nitrogens is 3. The highest BCUT2D eigenvalue weighted by atomic mass is 16.2. The Morgan fingerprint density at radius 1 is 1.39 bits per heavy atom. The summed E-state index contributed by atoms with van der Waals surface area (Å²) >= 11 is 0. The zero-order chi connectivity index (χ0) is 12.8. The summed E-state index contributed by atoms with van der Waals surface area (Å²) in [4.78, 5) is 15.3. The second-order valence-electron chi connectivity index (χ2n) is 3.64. The standard InChI is InChI=1S/C12H11N5O/c13-6-11-15-9-17(16-11)8-12(18)14-7-10-4-2-1-3-5-10/h1-5,9H,7-8H2,(H,14,18). The molecule has 6 nitrogen and oxygen atoms in total. The minimum atomic E-state index is -0.173. The van der Waals surface area contributed by atoms with E-state index in [0.717, 1.165) is 5.56 Å². The number of hydrogen-bond acceptors (Lipinski definition) is 4. The summed E-state index contributed by atoms with van der Waals surface area (Å²) in [6.07, 6.45) is 1.36. The third kappa shape index (κ3) is 3.15. The molecular weight excluding hydrogens is 230 g/mol. The van der Waals surface area contributed by atoms with E-state index >= 15 is 0 Å². The van der Waals surface area contributed by atoms with E-state index in [0.29, 0.717) is 6.54 Å². The van der Waals surface area contributed by atoms with Crippen molar-refractivity contribution in [2.45, 2.75) is 13.1 Å². The van der Waals surface area contributed by atoms with Crippen molar-refractivity contribution in [3.8, 4) is 6.07 Å². The van der Waals surface area contributed by atoms with E-state index in [1.165, 1.54) is 11.0 Å². The van der Waals surface area contributed by atoms with E-state index < -0.39 is 0 Å². The second-order valence-corrected chi connectivity index (χ2v) is 3.64. The smallest absolute Gasteiger partial charge is 0.252 e. The number of carbonyl (C=O) groups excluding carboxylic acids is 1. The average molecular weight is 241 g/mol. The van der Waals surface area contributed by atoms with Gasteiger partial charge >= 0.3 is 0 Å². The first-order valence-electron chi connectivity index (χ1n) is 5.38. The molecule has 0 bridgehead atoms. The summed E-state index contributed by atoms with van der Waals surface area (Å²) in [5, 5.41) is 15.1. The van der Waals surface area contributed by atoms with Crippen LogP contribution < -0.4 is 5.32 Å². The van der Waals surface area contributed by atoms with Crippen LogP contribution in [-0.2, 0) is 17.9 Å². The molecule has 0 fully saturated rings. The van der Waals surface area contributed by atoms with E-state index in [2.05, 4.69) is 15.4 Å². The van der Waals surface area contributed by atoms with E-state index in [1.807, 2.05) is 30.3 Å². The molecule has 0 spiro atoms. The first-order chi connectivity index (χ1) is 8.78. The van der Waals surface area contributed by atoms with Crippen molar-refractivity contribution < 1.29 is 4.79 Å². The van der Waals surface area contributed by atoms with Gasteiger partial charge in [0.05, 0.1) is 0 Å². The summed E-state index contributed by atoms with van der Waals surface area (Å²) in [7, 11) is 0. The highest BCUT2D eigenvalue weighted by Crippen LogP contribution is 1.97. The molecule has 2 aromatic rings. The van der Waals surface area contributed by atoms with Crippen LogP contribution in [0.2, 0.25) is 0 Å². The third-order valence-corrected chi connectivity index (χ3v) is 2.27. The number of amides is 1. The minimum Gasteiger partial charge on any atom is -0.350 e. The molecule has 0 saturated heterocycles. The van der Waals surface area contributed by atoms with Gasteiger partial charge in [0.25, 0.3) is 5.82 Å². The van der Waals surface area contributed by atoms with Gasteiger partial charge in [0.1, 0.15) is 18.9 Å². The van der Waals surface area contributed by atoms with Crippen molar-refractivity contribution in [3.63, 3.8) is 0 Å². The summed E-state index contributed by atoms with van der Waals surface area (Å²) in [5.74, 6) is -0.112. The summed E-state index contributed by atoms with van der Waals surface area (Å²) in [6, 6.07) is 11.4. The fourth-order valence-electron chi connectivity index (χ4n) is 1.42. The lowest BCUT2D eigenvalue weighted by Gasteiger charge is -2.04. The number of nitriles is 1. The van der Waals surface area contributed by atoms with Gasteiger partial charge in [0.2, 0.25) is 5.91 Å². The van der Waals surface area contributed by atoms with Crippen LogP contribution in [0.15, 0.2) is 36.7 Å². The zero-order valence-electron chi connectivity index (χ0n) is 9.58. The van der Waals surface area contributed by atoms with Gasteiger partial charge in [-0.25, -0.2) is 9.67 Å². The van der Waals surface area contributed by atoms with Gasteiger partial charge in [0.15, 0.2) is 0 Å². The van der Waals surface area contributed by atoms with Crippen molar-refractivity contribution in [1.29, 1.82) is 5.26 Å². The lowest BCUT2D eigenvalue weighted by atomic mass is 10.2. The molecule has 1 amide bonds. The van der Waals surface area contributed by atoms with Crippen LogP contribution in [0.1, 0.15) is 11.4 Å². The number of nitrogens with one attached hydrogen (secondary N) is 1. The van der Waals surface area contributed by atoms with E-state index in [-0.39, 0.29) is 18.3 Å².